The van der Waals surface area contributed by atoms with Gasteiger partial charge in [0, 0.05) is 26.3 Å². The normalized spacial score (nSPS) is 11.4. The van der Waals surface area contributed by atoms with E-state index in [1.807, 2.05) is 43.3 Å². The van der Waals surface area contributed by atoms with Gasteiger partial charge in [-0.2, -0.15) is 0 Å². The monoisotopic (exact) mass is 336 g/mol. The van der Waals surface area contributed by atoms with Crippen molar-refractivity contribution in [3.63, 3.8) is 0 Å². The molecule has 0 aliphatic rings. The Kier molecular flexibility index (Phi) is 5.74. The van der Waals surface area contributed by atoms with Gasteiger partial charge in [-0.15, -0.1) is 0 Å². The van der Waals surface area contributed by atoms with Gasteiger partial charge in [0.05, 0.1) is 4.90 Å². The van der Waals surface area contributed by atoms with E-state index in [2.05, 4.69) is 4.72 Å². The van der Waals surface area contributed by atoms with Crippen LogP contribution < -0.4 is 9.62 Å². The standard InChI is InChI=1S/C17H21FN2O2S/c1-20(2)16-10-8-14(9-11-16)5-4-12-19-23(21,22)17-7-3-6-15(18)13-17/h3,6-11,13,19H,4-5,12H2,1-2H3. The van der Waals surface area contributed by atoms with Crippen LogP contribution in [0.5, 0.6) is 0 Å². The second-order valence-corrected chi connectivity index (χ2v) is 7.29. The lowest BCUT2D eigenvalue weighted by Crippen LogP contribution is -2.25. The molecule has 2 aromatic carbocycles. The van der Waals surface area contributed by atoms with Crippen molar-refractivity contribution in [1.29, 1.82) is 0 Å². The smallest absolute Gasteiger partial charge is 0.240 e. The van der Waals surface area contributed by atoms with Crippen LogP contribution in [-0.4, -0.2) is 29.1 Å². The van der Waals surface area contributed by atoms with Crippen molar-refractivity contribution >= 4 is 15.7 Å². The maximum Gasteiger partial charge on any atom is 0.240 e. The molecular formula is C17H21FN2O2S. The molecular weight excluding hydrogens is 315 g/mol. The molecule has 0 bridgehead atoms. The van der Waals surface area contributed by atoms with Gasteiger partial charge in [0.1, 0.15) is 5.82 Å². The van der Waals surface area contributed by atoms with E-state index in [9.17, 15) is 12.8 Å². The Morgan fingerprint density at radius 2 is 1.78 bits per heavy atom. The highest BCUT2D eigenvalue weighted by Crippen LogP contribution is 2.14. The number of benzene rings is 2. The van der Waals surface area contributed by atoms with Gasteiger partial charge in [-0.05, 0) is 48.7 Å². The zero-order chi connectivity index (χ0) is 16.9. The quantitative estimate of drug-likeness (QED) is 0.791. The van der Waals surface area contributed by atoms with E-state index < -0.39 is 15.8 Å². The first-order chi connectivity index (χ1) is 10.9. The Morgan fingerprint density at radius 3 is 2.39 bits per heavy atom. The summed E-state index contributed by atoms with van der Waals surface area (Å²) in [4.78, 5) is 1.98. The fourth-order valence-corrected chi connectivity index (χ4v) is 3.28. The van der Waals surface area contributed by atoms with E-state index in [0.717, 1.165) is 23.7 Å². The van der Waals surface area contributed by atoms with Gasteiger partial charge in [-0.1, -0.05) is 18.2 Å². The first kappa shape index (κ1) is 17.4. The van der Waals surface area contributed by atoms with Gasteiger partial charge in [-0.3, -0.25) is 0 Å². The minimum Gasteiger partial charge on any atom is -0.378 e. The van der Waals surface area contributed by atoms with Crippen LogP contribution in [0.3, 0.4) is 0 Å². The second-order valence-electron chi connectivity index (χ2n) is 5.52. The molecule has 2 aromatic rings. The summed E-state index contributed by atoms with van der Waals surface area (Å²) in [5.41, 5.74) is 2.28. The van der Waals surface area contributed by atoms with Crippen LogP contribution in [0.2, 0.25) is 0 Å². The lowest BCUT2D eigenvalue weighted by molar-refractivity contribution is 0.575. The Balaban J connectivity index is 1.85. The number of hydrogen-bond acceptors (Lipinski definition) is 3. The van der Waals surface area contributed by atoms with Crippen molar-refractivity contribution in [2.45, 2.75) is 17.7 Å². The molecule has 6 heteroatoms. The number of aryl methyl sites for hydroxylation is 1. The SMILES string of the molecule is CN(C)c1ccc(CCCNS(=O)(=O)c2cccc(F)c2)cc1. The second kappa shape index (κ2) is 7.57. The minimum atomic E-state index is -3.65. The topological polar surface area (TPSA) is 49.4 Å². The maximum absolute atomic E-state index is 13.1. The minimum absolute atomic E-state index is 0.0483. The number of halogens is 1. The lowest BCUT2D eigenvalue weighted by Gasteiger charge is -2.12. The summed E-state index contributed by atoms with van der Waals surface area (Å²) in [5, 5.41) is 0. The van der Waals surface area contributed by atoms with E-state index in [0.29, 0.717) is 13.0 Å². The lowest BCUT2D eigenvalue weighted by atomic mass is 10.1. The third-order valence-corrected chi connectivity index (χ3v) is 4.95. The largest absolute Gasteiger partial charge is 0.378 e. The zero-order valence-electron chi connectivity index (χ0n) is 13.3. The molecule has 0 heterocycles. The highest BCUT2D eigenvalue weighted by molar-refractivity contribution is 7.89. The summed E-state index contributed by atoms with van der Waals surface area (Å²) in [5.74, 6) is -0.561. The molecule has 0 aliphatic carbocycles. The Labute approximate surface area is 137 Å². The molecule has 124 valence electrons. The fraction of sp³-hybridized carbons (Fsp3) is 0.294. The molecule has 2 rings (SSSR count). The molecule has 0 spiro atoms. The van der Waals surface area contributed by atoms with Crippen molar-refractivity contribution < 1.29 is 12.8 Å². The molecule has 0 aromatic heterocycles. The Hall–Kier alpha value is -1.92. The molecule has 1 N–H and O–H groups in total. The van der Waals surface area contributed by atoms with Crippen LogP contribution in [0.25, 0.3) is 0 Å². The van der Waals surface area contributed by atoms with Crippen LogP contribution in [0.15, 0.2) is 53.4 Å². The van der Waals surface area contributed by atoms with E-state index in [1.54, 1.807) is 0 Å². The number of anilines is 1. The van der Waals surface area contributed by atoms with Gasteiger partial charge in [0.2, 0.25) is 10.0 Å². The summed E-state index contributed by atoms with van der Waals surface area (Å²) < 4.78 is 39.7. The molecule has 0 amide bonds. The van der Waals surface area contributed by atoms with Gasteiger partial charge in [0.15, 0.2) is 0 Å². The fourth-order valence-electron chi connectivity index (χ4n) is 2.18. The summed E-state index contributed by atoms with van der Waals surface area (Å²) in [6, 6.07) is 13.1. The van der Waals surface area contributed by atoms with Crippen molar-refractivity contribution in [2.75, 3.05) is 25.5 Å². The predicted octanol–water partition coefficient (Wildman–Crippen LogP) is 2.80. The maximum atomic E-state index is 13.1. The van der Waals surface area contributed by atoms with Crippen LogP contribution in [0.1, 0.15) is 12.0 Å². The molecule has 0 unspecified atom stereocenters. The molecule has 0 saturated carbocycles. The van der Waals surface area contributed by atoms with Crippen molar-refractivity contribution in [3.05, 3.63) is 59.9 Å². The van der Waals surface area contributed by atoms with Crippen LogP contribution in [0.4, 0.5) is 10.1 Å². The van der Waals surface area contributed by atoms with Crippen molar-refractivity contribution in [3.8, 4) is 0 Å². The first-order valence-corrected chi connectivity index (χ1v) is 8.88. The number of sulfonamides is 1. The number of rotatable bonds is 7. The van der Waals surface area contributed by atoms with E-state index in [1.165, 1.54) is 18.2 Å². The van der Waals surface area contributed by atoms with Crippen molar-refractivity contribution in [1.82, 2.24) is 4.72 Å². The van der Waals surface area contributed by atoms with Crippen LogP contribution in [-0.2, 0) is 16.4 Å². The van der Waals surface area contributed by atoms with E-state index in [-0.39, 0.29) is 4.90 Å². The number of nitrogens with one attached hydrogen (secondary N) is 1. The first-order valence-electron chi connectivity index (χ1n) is 7.40. The predicted molar refractivity (Wildman–Crippen MR) is 90.7 cm³/mol. The van der Waals surface area contributed by atoms with E-state index >= 15 is 0 Å². The van der Waals surface area contributed by atoms with Crippen LogP contribution >= 0.6 is 0 Å². The molecule has 0 radical (unpaired) electrons. The molecule has 0 aliphatic heterocycles. The summed E-state index contributed by atoms with van der Waals surface area (Å²) in [7, 11) is 0.313. The molecule has 0 saturated heterocycles. The third-order valence-electron chi connectivity index (χ3n) is 3.49. The zero-order valence-corrected chi connectivity index (χ0v) is 14.1. The summed E-state index contributed by atoms with van der Waals surface area (Å²) >= 11 is 0. The van der Waals surface area contributed by atoms with E-state index in [4.69, 9.17) is 0 Å². The highest BCUT2D eigenvalue weighted by atomic mass is 32.2. The van der Waals surface area contributed by atoms with Crippen molar-refractivity contribution in [2.24, 2.45) is 0 Å². The third kappa shape index (κ3) is 5.04. The molecule has 23 heavy (non-hydrogen) atoms. The molecule has 0 fully saturated rings. The van der Waals surface area contributed by atoms with Gasteiger partial charge in [0.25, 0.3) is 0 Å². The summed E-state index contributed by atoms with van der Waals surface area (Å²) in [6.45, 7) is 0.314. The summed E-state index contributed by atoms with van der Waals surface area (Å²) in [6.07, 6.45) is 1.45. The Morgan fingerprint density at radius 1 is 1.09 bits per heavy atom. The number of nitrogens with zero attached hydrogens (tertiary/aromatic N) is 1. The van der Waals surface area contributed by atoms with Gasteiger partial charge >= 0.3 is 0 Å². The average Bonchev–Trinajstić information content (AvgIpc) is 2.52. The van der Waals surface area contributed by atoms with Crippen LogP contribution in [0, 0.1) is 5.82 Å². The average molecular weight is 336 g/mol. The molecule has 0 atom stereocenters. The number of hydrogen-bond donors (Lipinski definition) is 1. The highest BCUT2D eigenvalue weighted by Gasteiger charge is 2.13. The van der Waals surface area contributed by atoms with Gasteiger partial charge in [-0.25, -0.2) is 17.5 Å². The van der Waals surface area contributed by atoms with Gasteiger partial charge < -0.3 is 4.90 Å². The Bertz CT molecular complexity index is 743. The molecule has 4 nitrogen and oxygen atoms in total.